The van der Waals surface area contributed by atoms with Crippen molar-refractivity contribution in [2.75, 3.05) is 5.32 Å². The Bertz CT molecular complexity index is 799. The molecule has 0 spiro atoms. The molecule has 2 nitrogen and oxygen atoms in total. The lowest BCUT2D eigenvalue weighted by atomic mass is 10.1. The lowest BCUT2D eigenvalue weighted by Gasteiger charge is -2.14. The fourth-order valence-corrected chi connectivity index (χ4v) is 2.20. The summed E-state index contributed by atoms with van der Waals surface area (Å²) >= 11 is 0. The van der Waals surface area contributed by atoms with Crippen LogP contribution in [0.1, 0.15) is 23.1 Å². The molecule has 0 atom stereocenters. The molecular formula is C17H12F7NO. The summed E-state index contributed by atoms with van der Waals surface area (Å²) in [6.45, 7) is 1.84. The second kappa shape index (κ2) is 7.35. The molecule has 0 bridgehead atoms. The normalized spacial score (nSPS) is 11.5. The van der Waals surface area contributed by atoms with Gasteiger partial charge in [-0.05, 0) is 18.9 Å². The van der Waals surface area contributed by atoms with Crippen molar-refractivity contribution in [1.29, 1.82) is 0 Å². The van der Waals surface area contributed by atoms with Crippen molar-refractivity contribution >= 4 is 11.6 Å². The lowest BCUT2D eigenvalue weighted by Crippen LogP contribution is -2.20. The lowest BCUT2D eigenvalue weighted by molar-refractivity contribution is -0.143. The number of carbonyl (C=O) groups excluding carboxylic acids is 1. The minimum Gasteiger partial charge on any atom is -0.321 e. The van der Waals surface area contributed by atoms with E-state index in [9.17, 15) is 35.5 Å². The molecule has 0 aromatic heterocycles. The van der Waals surface area contributed by atoms with Gasteiger partial charge in [0.1, 0.15) is 11.3 Å². The van der Waals surface area contributed by atoms with E-state index in [0.717, 1.165) is 11.1 Å². The molecule has 26 heavy (non-hydrogen) atoms. The van der Waals surface area contributed by atoms with E-state index in [4.69, 9.17) is 0 Å². The number of alkyl halides is 3. The Balaban J connectivity index is 2.21. The average molecular weight is 379 g/mol. The van der Waals surface area contributed by atoms with Gasteiger partial charge in [0.2, 0.25) is 5.91 Å². The van der Waals surface area contributed by atoms with Crippen LogP contribution in [0.2, 0.25) is 0 Å². The zero-order valence-electron chi connectivity index (χ0n) is 13.3. The molecule has 0 heterocycles. The van der Waals surface area contributed by atoms with Crippen LogP contribution in [0.5, 0.6) is 0 Å². The van der Waals surface area contributed by atoms with E-state index < -0.39 is 46.6 Å². The molecular weight excluding hydrogens is 367 g/mol. The molecule has 0 fully saturated rings. The summed E-state index contributed by atoms with van der Waals surface area (Å²) in [6, 6.07) is 6.96. The number of hydrogen-bond acceptors (Lipinski definition) is 1. The van der Waals surface area contributed by atoms with E-state index in [-0.39, 0.29) is 12.8 Å². The van der Waals surface area contributed by atoms with E-state index in [2.05, 4.69) is 0 Å². The highest BCUT2D eigenvalue weighted by molar-refractivity contribution is 5.91. The van der Waals surface area contributed by atoms with Crippen molar-refractivity contribution in [3.8, 4) is 0 Å². The van der Waals surface area contributed by atoms with Gasteiger partial charge in [0.25, 0.3) is 0 Å². The van der Waals surface area contributed by atoms with Gasteiger partial charge >= 0.3 is 6.18 Å². The van der Waals surface area contributed by atoms with Gasteiger partial charge in [0, 0.05) is 6.42 Å². The van der Waals surface area contributed by atoms with Gasteiger partial charge in [0.15, 0.2) is 23.3 Å². The number of nitrogens with one attached hydrogen (secondary N) is 1. The Kier molecular flexibility index (Phi) is 5.58. The maximum Gasteiger partial charge on any atom is 0.422 e. The zero-order chi connectivity index (χ0) is 19.6. The van der Waals surface area contributed by atoms with Crippen molar-refractivity contribution in [3.63, 3.8) is 0 Å². The molecule has 0 unspecified atom stereocenters. The summed E-state index contributed by atoms with van der Waals surface area (Å²) in [6.07, 6.45) is -5.78. The molecule has 0 aliphatic rings. The molecule has 0 aliphatic heterocycles. The van der Waals surface area contributed by atoms with Crippen LogP contribution in [0.15, 0.2) is 24.3 Å². The van der Waals surface area contributed by atoms with Crippen LogP contribution in [0.25, 0.3) is 0 Å². The maximum atomic E-state index is 13.7. The molecule has 2 aromatic carbocycles. The maximum absolute atomic E-state index is 13.7. The van der Waals surface area contributed by atoms with Crippen molar-refractivity contribution in [3.05, 3.63) is 64.2 Å². The Morgan fingerprint density at radius 1 is 0.923 bits per heavy atom. The number of anilines is 1. The first-order chi connectivity index (χ1) is 12.0. The van der Waals surface area contributed by atoms with Gasteiger partial charge in [-0.3, -0.25) is 4.79 Å². The average Bonchev–Trinajstić information content (AvgIpc) is 2.55. The Morgan fingerprint density at radius 3 is 1.88 bits per heavy atom. The molecule has 9 heteroatoms. The summed E-state index contributed by atoms with van der Waals surface area (Å²) in [5, 5.41) is 1.58. The highest BCUT2D eigenvalue weighted by Crippen LogP contribution is 2.38. The van der Waals surface area contributed by atoms with Crippen molar-refractivity contribution < 1.29 is 35.5 Å². The van der Waals surface area contributed by atoms with Crippen molar-refractivity contribution in [2.24, 2.45) is 0 Å². The third kappa shape index (κ3) is 4.14. The summed E-state index contributed by atoms with van der Waals surface area (Å²) in [5.41, 5.74) is -2.60. The van der Waals surface area contributed by atoms with Gasteiger partial charge in [-0.15, -0.1) is 0 Å². The number of rotatable bonds is 4. The minimum atomic E-state index is -5.64. The molecule has 0 radical (unpaired) electrons. The van der Waals surface area contributed by atoms with E-state index in [1.165, 1.54) is 0 Å². The van der Waals surface area contributed by atoms with Crippen molar-refractivity contribution in [2.45, 2.75) is 25.9 Å². The predicted octanol–water partition coefficient (Wildman–Crippen LogP) is 5.14. The first kappa shape index (κ1) is 19.7. The third-order valence-corrected chi connectivity index (χ3v) is 3.57. The highest BCUT2D eigenvalue weighted by Gasteiger charge is 2.42. The Hall–Kier alpha value is -2.58. The van der Waals surface area contributed by atoms with E-state index >= 15 is 0 Å². The fourth-order valence-electron chi connectivity index (χ4n) is 2.20. The molecule has 1 amide bonds. The molecule has 0 saturated heterocycles. The van der Waals surface area contributed by atoms with Crippen LogP contribution < -0.4 is 5.32 Å². The number of halogens is 7. The zero-order valence-corrected chi connectivity index (χ0v) is 13.3. The number of benzene rings is 2. The SMILES string of the molecule is Cc1ccc(CCC(=O)Nc2c(F)c(F)c(C(F)(F)F)c(F)c2F)cc1. The van der Waals surface area contributed by atoms with E-state index in [1.807, 2.05) is 6.92 Å². The fraction of sp³-hybridized carbons (Fsp3) is 0.235. The van der Waals surface area contributed by atoms with Crippen LogP contribution in [0, 0.1) is 30.2 Å². The monoisotopic (exact) mass is 379 g/mol. The second-order valence-electron chi connectivity index (χ2n) is 5.54. The van der Waals surface area contributed by atoms with Crippen LogP contribution in [0.4, 0.5) is 36.4 Å². The van der Waals surface area contributed by atoms with Crippen LogP contribution in [-0.2, 0) is 17.4 Å². The highest BCUT2D eigenvalue weighted by atomic mass is 19.4. The standard InChI is InChI=1S/C17H12F7NO/c1-8-2-4-9(5-3-8)6-7-10(26)25-16-14(20)12(18)11(17(22,23)24)13(19)15(16)21/h2-5H,6-7H2,1H3,(H,25,26). The van der Waals surface area contributed by atoms with Crippen LogP contribution in [-0.4, -0.2) is 5.91 Å². The van der Waals surface area contributed by atoms with E-state index in [0.29, 0.717) is 0 Å². The van der Waals surface area contributed by atoms with Gasteiger partial charge in [-0.2, -0.15) is 13.2 Å². The smallest absolute Gasteiger partial charge is 0.321 e. The topological polar surface area (TPSA) is 29.1 Å². The van der Waals surface area contributed by atoms with E-state index in [1.54, 1.807) is 29.6 Å². The summed E-state index contributed by atoms with van der Waals surface area (Å²) in [5.74, 6) is -10.9. The number of carbonyl (C=O) groups is 1. The van der Waals surface area contributed by atoms with Gasteiger partial charge in [0.05, 0.1) is 0 Å². The predicted molar refractivity (Wildman–Crippen MR) is 79.4 cm³/mol. The van der Waals surface area contributed by atoms with Crippen LogP contribution >= 0.6 is 0 Å². The number of aryl methyl sites for hydroxylation is 2. The van der Waals surface area contributed by atoms with Gasteiger partial charge in [-0.1, -0.05) is 29.8 Å². The largest absolute Gasteiger partial charge is 0.422 e. The molecule has 0 saturated carbocycles. The summed E-state index contributed by atoms with van der Waals surface area (Å²) < 4.78 is 91.9. The number of amides is 1. The summed E-state index contributed by atoms with van der Waals surface area (Å²) in [7, 11) is 0. The quantitative estimate of drug-likeness (QED) is 0.578. The second-order valence-corrected chi connectivity index (χ2v) is 5.54. The molecule has 2 rings (SSSR count). The Morgan fingerprint density at radius 2 is 1.42 bits per heavy atom. The van der Waals surface area contributed by atoms with Gasteiger partial charge < -0.3 is 5.32 Å². The van der Waals surface area contributed by atoms with Crippen molar-refractivity contribution in [1.82, 2.24) is 0 Å². The minimum absolute atomic E-state index is 0.154. The molecule has 2 aromatic rings. The third-order valence-electron chi connectivity index (χ3n) is 3.57. The first-order valence-corrected chi connectivity index (χ1v) is 7.31. The molecule has 140 valence electrons. The van der Waals surface area contributed by atoms with Crippen LogP contribution in [0.3, 0.4) is 0 Å². The molecule has 0 aliphatic carbocycles. The number of hydrogen-bond donors (Lipinski definition) is 1. The molecule has 1 N–H and O–H groups in total. The summed E-state index contributed by atoms with van der Waals surface area (Å²) in [4.78, 5) is 11.8. The Labute approximate surface area is 143 Å². The first-order valence-electron chi connectivity index (χ1n) is 7.31. The van der Waals surface area contributed by atoms with Gasteiger partial charge in [-0.25, -0.2) is 17.6 Å².